The molecule has 1 aromatic carbocycles. The summed E-state index contributed by atoms with van der Waals surface area (Å²) >= 11 is 5.57. The maximum atomic E-state index is 4.86. The van der Waals surface area contributed by atoms with Crippen LogP contribution in [0.2, 0.25) is 0 Å². The van der Waals surface area contributed by atoms with E-state index in [4.69, 9.17) is 15.0 Å². The first-order valence-corrected chi connectivity index (χ1v) is 17.2. The molecule has 2 N–H and O–H groups in total. The lowest BCUT2D eigenvalue weighted by Crippen LogP contribution is -2.51. The molecule has 0 radical (unpaired) electrons. The summed E-state index contributed by atoms with van der Waals surface area (Å²) in [4.78, 5) is 23.3. The molecule has 5 heterocycles. The molecule has 210 valence electrons. The molecule has 2 atom stereocenters. The van der Waals surface area contributed by atoms with Crippen molar-refractivity contribution in [3.8, 4) is 0 Å². The molecule has 0 aliphatic carbocycles. The van der Waals surface area contributed by atoms with Crippen LogP contribution in [0.3, 0.4) is 0 Å². The van der Waals surface area contributed by atoms with Gasteiger partial charge in [0, 0.05) is 64.1 Å². The van der Waals surface area contributed by atoms with E-state index in [0.29, 0.717) is 6.04 Å². The summed E-state index contributed by atoms with van der Waals surface area (Å²) in [5.74, 6) is 1.85. The minimum Gasteiger partial charge on any atom is -0.333 e. The number of imidazole rings is 1. The normalized spacial score (nSPS) is 22.0. The third kappa shape index (κ3) is 5.51. The van der Waals surface area contributed by atoms with E-state index in [1.54, 1.807) is 11.8 Å². The highest BCUT2D eigenvalue weighted by atomic mass is 32.2. The van der Waals surface area contributed by atoms with Crippen LogP contribution in [0.1, 0.15) is 54.9 Å². The van der Waals surface area contributed by atoms with Crippen LogP contribution in [-0.4, -0.2) is 62.8 Å². The maximum Gasteiger partial charge on any atom is 0.166 e. The number of H-pyrrole nitrogens is 1. The fourth-order valence-corrected chi connectivity index (χ4v) is 9.94. The van der Waals surface area contributed by atoms with Crippen LogP contribution in [0, 0.1) is 6.92 Å². The number of hydrogen-bond acceptors (Lipinski definition) is 8. The summed E-state index contributed by atoms with van der Waals surface area (Å²) in [5, 5.41) is 4.52. The Labute approximate surface area is 249 Å². The molecular formula is C31H38N6S3. The first kappa shape index (κ1) is 28.0. The van der Waals surface area contributed by atoms with Crippen LogP contribution >= 0.6 is 34.9 Å². The zero-order valence-corrected chi connectivity index (χ0v) is 26.0. The number of fused-ring (bicyclic) bond motifs is 1. The van der Waals surface area contributed by atoms with E-state index in [1.165, 1.54) is 46.0 Å². The van der Waals surface area contributed by atoms with Crippen LogP contribution < -0.4 is 5.32 Å². The van der Waals surface area contributed by atoms with E-state index in [0.717, 1.165) is 59.4 Å². The predicted molar refractivity (Wildman–Crippen MR) is 171 cm³/mol. The molecule has 6 rings (SSSR count). The quantitative estimate of drug-likeness (QED) is 0.195. The molecule has 3 aromatic heterocycles. The predicted octanol–water partition coefficient (Wildman–Crippen LogP) is 6.89. The Morgan fingerprint density at radius 3 is 2.88 bits per heavy atom. The molecule has 2 unspecified atom stereocenters. The lowest BCUT2D eigenvalue weighted by atomic mass is 9.76. The number of rotatable bonds is 10. The van der Waals surface area contributed by atoms with Crippen molar-refractivity contribution in [3.63, 3.8) is 0 Å². The van der Waals surface area contributed by atoms with Gasteiger partial charge < -0.3 is 10.3 Å². The highest BCUT2D eigenvalue weighted by Gasteiger charge is 2.43. The van der Waals surface area contributed by atoms with Gasteiger partial charge in [0.25, 0.3) is 0 Å². The molecular weight excluding hydrogens is 553 g/mol. The summed E-state index contributed by atoms with van der Waals surface area (Å²) in [5.41, 5.74) is 9.21. The van der Waals surface area contributed by atoms with Gasteiger partial charge in [-0.3, -0.25) is 9.88 Å². The molecule has 4 aromatic rings. The van der Waals surface area contributed by atoms with Crippen LogP contribution in [0.5, 0.6) is 0 Å². The smallest absolute Gasteiger partial charge is 0.166 e. The number of hydrogen-bond donors (Lipinski definition) is 2. The Hall–Kier alpha value is -2.17. The molecule has 0 saturated carbocycles. The minimum atomic E-state index is 0.0278. The van der Waals surface area contributed by atoms with Gasteiger partial charge >= 0.3 is 0 Å². The average Bonchev–Trinajstić information content (AvgIpc) is 3.69. The Balaban J connectivity index is 1.26. The van der Waals surface area contributed by atoms with Crippen LogP contribution in [-0.2, 0) is 11.2 Å². The Morgan fingerprint density at radius 1 is 1.15 bits per heavy atom. The van der Waals surface area contributed by atoms with E-state index in [-0.39, 0.29) is 5.41 Å². The van der Waals surface area contributed by atoms with Gasteiger partial charge in [-0.2, -0.15) is 0 Å². The number of para-hydroxylation sites is 2. The molecule has 1 fully saturated rings. The van der Waals surface area contributed by atoms with Crippen molar-refractivity contribution in [2.45, 2.75) is 62.4 Å². The van der Waals surface area contributed by atoms with Crippen molar-refractivity contribution in [3.05, 3.63) is 75.5 Å². The fourth-order valence-electron chi connectivity index (χ4n) is 6.26. The van der Waals surface area contributed by atoms with Crippen molar-refractivity contribution < 1.29 is 0 Å². The summed E-state index contributed by atoms with van der Waals surface area (Å²) in [7, 11) is 0. The van der Waals surface area contributed by atoms with Gasteiger partial charge in [0.2, 0.25) is 0 Å². The minimum absolute atomic E-state index is 0.0278. The highest BCUT2D eigenvalue weighted by Crippen LogP contribution is 2.55. The average molecular weight is 591 g/mol. The SMILES string of the molecule is CCC1CNCCN1CCCC1(c2scnc2C)CSC(c2cccnc2CSc2nc3ccccc3[nH]2)=C1C. The van der Waals surface area contributed by atoms with Gasteiger partial charge in [-0.15, -0.1) is 23.1 Å². The summed E-state index contributed by atoms with van der Waals surface area (Å²) in [6.07, 6.45) is 5.48. The van der Waals surface area contributed by atoms with Crippen LogP contribution in [0.25, 0.3) is 15.9 Å². The number of aryl methyl sites for hydroxylation is 1. The number of aromatic nitrogens is 4. The number of allylic oxidation sites excluding steroid dienone is 1. The first-order chi connectivity index (χ1) is 19.6. The molecule has 0 amide bonds. The van der Waals surface area contributed by atoms with E-state index in [2.05, 4.69) is 60.2 Å². The second-order valence-electron chi connectivity index (χ2n) is 10.8. The number of benzene rings is 1. The van der Waals surface area contributed by atoms with Crippen LogP contribution in [0.15, 0.2) is 58.8 Å². The Bertz CT molecular complexity index is 1460. The van der Waals surface area contributed by atoms with E-state index in [1.807, 2.05) is 46.9 Å². The lowest BCUT2D eigenvalue weighted by molar-refractivity contribution is 0.152. The third-order valence-electron chi connectivity index (χ3n) is 8.54. The molecule has 1 saturated heterocycles. The number of pyridine rings is 1. The fraction of sp³-hybridized carbons (Fsp3) is 0.452. The molecule has 2 aliphatic rings. The number of thiazole rings is 1. The zero-order valence-electron chi connectivity index (χ0n) is 23.6. The summed E-state index contributed by atoms with van der Waals surface area (Å²) < 4.78 is 0. The van der Waals surface area contributed by atoms with Crippen molar-refractivity contribution in [1.29, 1.82) is 0 Å². The number of thioether (sulfide) groups is 2. The number of aromatic amines is 1. The lowest BCUT2D eigenvalue weighted by Gasteiger charge is -2.37. The molecule has 2 aliphatic heterocycles. The van der Waals surface area contributed by atoms with Crippen molar-refractivity contribution in [2.24, 2.45) is 0 Å². The summed E-state index contributed by atoms with van der Waals surface area (Å²) in [6, 6.07) is 13.2. The van der Waals surface area contributed by atoms with Gasteiger partial charge in [-0.05, 0) is 63.4 Å². The molecule has 6 nitrogen and oxygen atoms in total. The third-order valence-corrected chi connectivity index (χ3v) is 12.0. The largest absolute Gasteiger partial charge is 0.333 e. The van der Waals surface area contributed by atoms with Crippen molar-refractivity contribution >= 4 is 50.8 Å². The molecule has 0 bridgehead atoms. The maximum absolute atomic E-state index is 4.86. The van der Waals surface area contributed by atoms with Gasteiger partial charge in [0.1, 0.15) is 0 Å². The van der Waals surface area contributed by atoms with Gasteiger partial charge in [-0.1, -0.05) is 36.9 Å². The molecule has 9 heteroatoms. The van der Waals surface area contributed by atoms with Crippen molar-refractivity contribution in [1.82, 2.24) is 30.2 Å². The molecule has 0 spiro atoms. The molecule has 40 heavy (non-hydrogen) atoms. The van der Waals surface area contributed by atoms with Gasteiger partial charge in [0.15, 0.2) is 5.16 Å². The van der Waals surface area contributed by atoms with Crippen molar-refractivity contribution in [2.75, 3.05) is 31.9 Å². The topological polar surface area (TPSA) is 69.7 Å². The Morgan fingerprint density at radius 2 is 2.05 bits per heavy atom. The number of nitrogens with zero attached hydrogens (tertiary/aromatic N) is 4. The second-order valence-corrected chi connectivity index (χ2v) is 13.6. The van der Waals surface area contributed by atoms with E-state index < -0.39 is 0 Å². The second kappa shape index (κ2) is 12.4. The van der Waals surface area contributed by atoms with E-state index >= 15 is 0 Å². The Kier molecular flexibility index (Phi) is 8.65. The van der Waals surface area contributed by atoms with Crippen LogP contribution in [0.4, 0.5) is 0 Å². The van der Waals surface area contributed by atoms with E-state index in [9.17, 15) is 0 Å². The highest BCUT2D eigenvalue weighted by molar-refractivity contribution is 8.08. The standard InChI is InChI=1S/C31H38N6S3/c1-4-23-17-32-14-16-37(23)15-8-12-31(29-22(3)34-20-40-29)19-39-28(21(31)2)24-9-7-13-33-27(24)18-38-30-35-25-10-5-6-11-26(25)36-30/h5-7,9-11,13,20,23,32H,4,8,12,14-19H2,1-3H3,(H,35,36). The summed E-state index contributed by atoms with van der Waals surface area (Å²) in [6.45, 7) is 11.4. The monoisotopic (exact) mass is 590 g/mol. The zero-order chi connectivity index (χ0) is 27.5. The van der Waals surface area contributed by atoms with Gasteiger partial charge in [-0.25, -0.2) is 9.97 Å². The number of piperazine rings is 1. The number of nitrogens with one attached hydrogen (secondary N) is 2. The van der Waals surface area contributed by atoms with Gasteiger partial charge in [0.05, 0.1) is 27.9 Å². The first-order valence-electron chi connectivity index (χ1n) is 14.3.